The van der Waals surface area contributed by atoms with Gasteiger partial charge in [0.25, 0.3) is 0 Å². The Bertz CT molecular complexity index is 1580. The third-order valence-electron chi connectivity index (χ3n) is 7.58. The van der Waals surface area contributed by atoms with Crippen LogP contribution in [0.2, 0.25) is 0 Å². The van der Waals surface area contributed by atoms with E-state index in [1.165, 1.54) is 0 Å². The molecule has 0 radical (unpaired) electrons. The van der Waals surface area contributed by atoms with E-state index in [-0.39, 0.29) is 6.61 Å². The van der Waals surface area contributed by atoms with E-state index >= 15 is 0 Å². The van der Waals surface area contributed by atoms with E-state index in [1.54, 1.807) is 14.2 Å². The van der Waals surface area contributed by atoms with Gasteiger partial charge in [0.1, 0.15) is 23.7 Å². The van der Waals surface area contributed by atoms with Crippen LogP contribution < -0.4 is 14.8 Å². The molecule has 0 saturated carbocycles. The maximum atomic E-state index is 12.2. The van der Waals surface area contributed by atoms with E-state index in [0.717, 1.165) is 39.3 Å². The molecule has 5 aromatic rings. The van der Waals surface area contributed by atoms with Gasteiger partial charge in [0.2, 0.25) is 0 Å². The van der Waals surface area contributed by atoms with E-state index in [2.05, 4.69) is 5.32 Å². The molecule has 230 valence electrons. The molecule has 0 saturated heterocycles. The number of hydrogen-bond acceptors (Lipinski definition) is 6. The summed E-state index contributed by atoms with van der Waals surface area (Å²) in [5.74, 6) is 1.44. The molecule has 1 unspecified atom stereocenters. The van der Waals surface area contributed by atoms with Gasteiger partial charge in [-0.3, -0.25) is 5.32 Å². The number of carbonyl (C=O) groups is 1. The molecule has 0 aliphatic heterocycles. The Morgan fingerprint density at radius 2 is 1.18 bits per heavy atom. The van der Waals surface area contributed by atoms with Crippen LogP contribution in [0.5, 0.6) is 11.5 Å². The smallest absolute Gasteiger partial charge is 0.411 e. The molecule has 0 bridgehead atoms. The average Bonchev–Trinajstić information content (AvgIpc) is 3.10. The van der Waals surface area contributed by atoms with Crippen molar-refractivity contribution in [1.29, 1.82) is 0 Å². The zero-order valence-corrected chi connectivity index (χ0v) is 25.4. The number of hydrogen-bond donors (Lipinski definition) is 2. The predicted molar refractivity (Wildman–Crippen MR) is 174 cm³/mol. The second kappa shape index (κ2) is 15.1. The fourth-order valence-corrected chi connectivity index (χ4v) is 5.21. The highest BCUT2D eigenvalue weighted by Gasteiger charge is 2.39. The highest BCUT2D eigenvalue weighted by atomic mass is 16.6. The molecule has 1 atom stereocenters. The maximum Gasteiger partial charge on any atom is 0.411 e. The highest BCUT2D eigenvalue weighted by Crippen LogP contribution is 2.42. The summed E-state index contributed by atoms with van der Waals surface area (Å²) in [6.07, 6.45) is -0.743. The fraction of sp³-hybridized carbons (Fsp3) is 0.184. The van der Waals surface area contributed by atoms with E-state index < -0.39 is 18.0 Å². The summed E-state index contributed by atoms with van der Waals surface area (Å²) >= 11 is 0. The van der Waals surface area contributed by atoms with Gasteiger partial charge in [-0.1, -0.05) is 97.1 Å². The van der Waals surface area contributed by atoms with Crippen molar-refractivity contribution in [3.63, 3.8) is 0 Å². The van der Waals surface area contributed by atoms with Gasteiger partial charge >= 0.3 is 6.09 Å². The number of aryl methyl sites for hydroxylation is 1. The monoisotopic (exact) mass is 603 g/mol. The number of aliphatic hydroxyl groups is 1. The van der Waals surface area contributed by atoms with Crippen LogP contribution in [0.3, 0.4) is 0 Å². The van der Waals surface area contributed by atoms with Crippen molar-refractivity contribution in [2.45, 2.75) is 31.3 Å². The van der Waals surface area contributed by atoms with Gasteiger partial charge < -0.3 is 24.1 Å². The van der Waals surface area contributed by atoms with Crippen LogP contribution in [0.25, 0.3) is 0 Å². The Labute approximate surface area is 264 Å². The van der Waals surface area contributed by atoms with Crippen LogP contribution in [0.4, 0.5) is 10.5 Å². The number of rotatable bonds is 13. The van der Waals surface area contributed by atoms with Crippen molar-refractivity contribution >= 4 is 11.8 Å². The van der Waals surface area contributed by atoms with Gasteiger partial charge in [-0.25, -0.2) is 4.79 Å². The van der Waals surface area contributed by atoms with Crippen LogP contribution in [0.15, 0.2) is 133 Å². The van der Waals surface area contributed by atoms with Gasteiger partial charge in [-0.2, -0.15) is 0 Å². The zero-order valence-electron chi connectivity index (χ0n) is 25.4. The van der Waals surface area contributed by atoms with E-state index in [0.29, 0.717) is 18.5 Å². The lowest BCUT2D eigenvalue weighted by molar-refractivity contribution is -0.161. The minimum absolute atomic E-state index is 0.195. The summed E-state index contributed by atoms with van der Waals surface area (Å²) in [4.78, 5) is 12.2. The number of carbonyl (C=O) groups excluding carboxylic acids is 1. The molecule has 0 aliphatic rings. The number of aliphatic hydroxyl groups excluding tert-OH is 1. The summed E-state index contributed by atoms with van der Waals surface area (Å²) in [7, 11) is 3.26. The zero-order chi connectivity index (χ0) is 31.5. The lowest BCUT2D eigenvalue weighted by atomic mass is 9.80. The molecule has 1 amide bonds. The normalized spacial score (nSPS) is 11.8. The number of amides is 1. The van der Waals surface area contributed by atoms with Crippen molar-refractivity contribution in [3.8, 4) is 11.5 Å². The minimum Gasteiger partial charge on any atom is -0.497 e. The fourth-order valence-electron chi connectivity index (χ4n) is 5.21. The number of ether oxygens (including phenoxy) is 4. The molecular weight excluding hydrogens is 566 g/mol. The van der Waals surface area contributed by atoms with Crippen molar-refractivity contribution in [1.82, 2.24) is 0 Å². The summed E-state index contributed by atoms with van der Waals surface area (Å²) < 4.78 is 22.8. The van der Waals surface area contributed by atoms with Crippen molar-refractivity contribution in [2.75, 3.05) is 19.5 Å². The summed E-state index contributed by atoms with van der Waals surface area (Å²) in [5, 5.41) is 14.2. The first-order valence-corrected chi connectivity index (χ1v) is 14.8. The largest absolute Gasteiger partial charge is 0.497 e. The summed E-state index contributed by atoms with van der Waals surface area (Å²) in [6.45, 7) is 0.195. The van der Waals surface area contributed by atoms with Crippen molar-refractivity contribution < 1.29 is 28.8 Å². The number of methoxy groups -OCH3 is 2. The van der Waals surface area contributed by atoms with Crippen LogP contribution in [-0.2, 0) is 28.1 Å². The molecule has 5 aromatic carbocycles. The number of nitrogens with one attached hydrogen (secondary N) is 1. The SMILES string of the molecule is COc1ccc(C(OC(O)CCc2ccc(NC(=O)OCc3ccccc3)cc2)(c2ccccc2)c2ccc(OC)cc2)cc1. The first-order valence-electron chi connectivity index (χ1n) is 14.8. The molecule has 0 aromatic heterocycles. The first kappa shape index (κ1) is 31.3. The van der Waals surface area contributed by atoms with Gasteiger partial charge in [-0.15, -0.1) is 0 Å². The van der Waals surface area contributed by atoms with E-state index in [1.807, 2.05) is 133 Å². The van der Waals surface area contributed by atoms with Gasteiger partial charge in [0, 0.05) is 12.1 Å². The minimum atomic E-state index is -1.12. The molecule has 0 heterocycles. The number of anilines is 1. The molecule has 2 N–H and O–H groups in total. The molecule has 0 spiro atoms. The van der Waals surface area contributed by atoms with E-state index in [4.69, 9.17) is 18.9 Å². The quantitative estimate of drug-likeness (QED) is 0.106. The molecule has 0 aliphatic carbocycles. The second-order valence-corrected chi connectivity index (χ2v) is 10.5. The Kier molecular flexibility index (Phi) is 10.5. The topological polar surface area (TPSA) is 86.2 Å². The van der Waals surface area contributed by atoms with Crippen molar-refractivity contribution in [3.05, 3.63) is 161 Å². The summed E-state index contributed by atoms with van der Waals surface area (Å²) in [5.41, 5.74) is 3.96. The van der Waals surface area contributed by atoms with Gasteiger partial charge in [0.15, 0.2) is 6.29 Å². The Balaban J connectivity index is 1.31. The molecule has 5 rings (SSSR count). The molecule has 45 heavy (non-hydrogen) atoms. The van der Waals surface area contributed by atoms with Crippen LogP contribution in [-0.4, -0.2) is 31.7 Å². The Hall–Kier alpha value is -5.11. The average molecular weight is 604 g/mol. The molecular formula is C38H37NO6. The Morgan fingerprint density at radius 3 is 1.71 bits per heavy atom. The first-order chi connectivity index (χ1) is 22.0. The third kappa shape index (κ3) is 7.89. The lowest BCUT2D eigenvalue weighted by Gasteiger charge is -2.37. The second-order valence-electron chi connectivity index (χ2n) is 10.5. The molecule has 0 fully saturated rings. The maximum absolute atomic E-state index is 12.2. The van der Waals surface area contributed by atoms with Crippen LogP contribution in [0, 0.1) is 0 Å². The third-order valence-corrected chi connectivity index (χ3v) is 7.58. The predicted octanol–water partition coefficient (Wildman–Crippen LogP) is 7.71. The molecule has 7 heteroatoms. The lowest BCUT2D eigenvalue weighted by Crippen LogP contribution is -2.37. The highest BCUT2D eigenvalue weighted by molar-refractivity contribution is 5.84. The Morgan fingerprint density at radius 1 is 0.667 bits per heavy atom. The van der Waals surface area contributed by atoms with Crippen molar-refractivity contribution in [2.24, 2.45) is 0 Å². The van der Waals surface area contributed by atoms with Gasteiger partial charge in [0.05, 0.1) is 14.2 Å². The van der Waals surface area contributed by atoms with E-state index in [9.17, 15) is 9.90 Å². The van der Waals surface area contributed by atoms with Crippen LogP contribution in [0.1, 0.15) is 34.2 Å². The van der Waals surface area contributed by atoms with Gasteiger partial charge in [-0.05, 0) is 70.6 Å². The standard InChI is InChI=1S/C38H37NO6/c1-42-34-22-16-31(17-23-34)38(30-11-7-4-8-12-30,32-18-24-35(43-2)25-19-32)45-36(40)26-15-28-13-20-33(21-14-28)39-37(41)44-27-29-9-5-3-6-10-29/h3-14,16-25,36,40H,15,26-27H2,1-2H3,(H,39,41). The number of benzene rings is 5. The summed E-state index contributed by atoms with van der Waals surface area (Å²) in [6, 6.07) is 42.2. The van der Waals surface area contributed by atoms with Crippen LogP contribution >= 0.6 is 0 Å². The molecule has 7 nitrogen and oxygen atoms in total.